The monoisotopic (exact) mass is 295 g/mol. The lowest BCUT2D eigenvalue weighted by Gasteiger charge is -2.31. The molecule has 0 aromatic carbocycles. The maximum Gasteiger partial charge on any atom is 0.243 e. The average molecular weight is 295 g/mol. The summed E-state index contributed by atoms with van der Waals surface area (Å²) in [5, 5.41) is 0. The number of methoxy groups -OCH3 is 1. The lowest BCUT2D eigenvalue weighted by molar-refractivity contribution is 0.0816. The highest BCUT2D eigenvalue weighted by atomic mass is 16.5. The first-order valence-corrected chi connectivity index (χ1v) is 7.47. The van der Waals surface area contributed by atoms with Gasteiger partial charge in [0.05, 0.1) is 6.10 Å². The van der Waals surface area contributed by atoms with Gasteiger partial charge in [-0.2, -0.15) is 15.0 Å². The zero-order chi connectivity index (χ0) is 15.2. The molecule has 0 unspecified atom stereocenters. The fraction of sp³-hybridized carbons (Fsp3) is 0.769. The molecular formula is C13H25N7O. The van der Waals surface area contributed by atoms with Crippen LogP contribution in [0.5, 0.6) is 0 Å². The largest absolute Gasteiger partial charge is 0.381 e. The Morgan fingerprint density at radius 2 is 1.90 bits per heavy atom. The molecule has 8 nitrogen and oxygen atoms in total. The second-order valence-electron chi connectivity index (χ2n) is 5.00. The van der Waals surface area contributed by atoms with Crippen LogP contribution in [-0.2, 0) is 4.74 Å². The van der Waals surface area contributed by atoms with Gasteiger partial charge in [-0.25, -0.2) is 5.84 Å². The maximum atomic E-state index is 5.48. The lowest BCUT2D eigenvalue weighted by atomic mass is 10.1. The molecule has 1 aliphatic heterocycles. The first-order chi connectivity index (χ1) is 10.2. The SMILES string of the molecule is CCN(CC)c1nc(NN)nc(N2CCC(OC)CC2)n1. The molecule has 2 rings (SSSR count). The molecule has 0 saturated carbocycles. The second-order valence-corrected chi connectivity index (χ2v) is 5.00. The third-order valence-corrected chi connectivity index (χ3v) is 3.85. The van der Waals surface area contributed by atoms with Crippen molar-refractivity contribution >= 4 is 17.8 Å². The normalized spacial score (nSPS) is 16.1. The molecule has 0 amide bonds. The maximum absolute atomic E-state index is 5.48. The molecule has 0 radical (unpaired) electrons. The van der Waals surface area contributed by atoms with Crippen LogP contribution in [0.15, 0.2) is 0 Å². The van der Waals surface area contributed by atoms with Gasteiger partial charge in [0.25, 0.3) is 0 Å². The van der Waals surface area contributed by atoms with E-state index in [1.807, 2.05) is 0 Å². The van der Waals surface area contributed by atoms with E-state index in [0.717, 1.165) is 39.0 Å². The Balaban J connectivity index is 2.20. The van der Waals surface area contributed by atoms with Crippen molar-refractivity contribution < 1.29 is 4.74 Å². The fourth-order valence-electron chi connectivity index (χ4n) is 2.50. The van der Waals surface area contributed by atoms with Crippen molar-refractivity contribution in [2.24, 2.45) is 5.84 Å². The predicted molar refractivity (Wildman–Crippen MR) is 83.4 cm³/mol. The summed E-state index contributed by atoms with van der Waals surface area (Å²) in [4.78, 5) is 17.5. The topological polar surface area (TPSA) is 92.4 Å². The predicted octanol–water partition coefficient (Wildman–Crippen LogP) is 0.619. The van der Waals surface area contributed by atoms with E-state index in [4.69, 9.17) is 10.6 Å². The minimum atomic E-state index is 0.331. The highest BCUT2D eigenvalue weighted by molar-refractivity contribution is 5.45. The Morgan fingerprint density at radius 1 is 1.24 bits per heavy atom. The zero-order valence-corrected chi connectivity index (χ0v) is 13.0. The molecule has 2 heterocycles. The Labute approximate surface area is 125 Å². The fourth-order valence-corrected chi connectivity index (χ4v) is 2.50. The Bertz CT molecular complexity index is 444. The summed E-state index contributed by atoms with van der Waals surface area (Å²) < 4.78 is 5.40. The summed E-state index contributed by atoms with van der Waals surface area (Å²) >= 11 is 0. The van der Waals surface area contributed by atoms with Gasteiger partial charge in [-0.3, -0.25) is 5.43 Å². The van der Waals surface area contributed by atoms with Crippen LogP contribution in [0.2, 0.25) is 0 Å². The molecule has 0 spiro atoms. The molecule has 1 fully saturated rings. The van der Waals surface area contributed by atoms with E-state index >= 15 is 0 Å². The summed E-state index contributed by atoms with van der Waals surface area (Å²) in [6, 6.07) is 0. The minimum absolute atomic E-state index is 0.331. The molecule has 8 heteroatoms. The highest BCUT2D eigenvalue weighted by Gasteiger charge is 2.22. The summed E-state index contributed by atoms with van der Waals surface area (Å²) in [6.45, 7) is 7.60. The van der Waals surface area contributed by atoms with Gasteiger partial charge in [0.2, 0.25) is 17.8 Å². The van der Waals surface area contributed by atoms with Crippen molar-refractivity contribution in [3.05, 3.63) is 0 Å². The lowest BCUT2D eigenvalue weighted by Crippen LogP contribution is -2.38. The number of nitrogens with two attached hydrogens (primary N) is 1. The van der Waals surface area contributed by atoms with Gasteiger partial charge in [0.15, 0.2) is 0 Å². The number of nitrogen functional groups attached to an aromatic ring is 1. The van der Waals surface area contributed by atoms with Crippen LogP contribution < -0.4 is 21.1 Å². The molecule has 118 valence electrons. The highest BCUT2D eigenvalue weighted by Crippen LogP contribution is 2.21. The number of ether oxygens (including phenoxy) is 1. The van der Waals surface area contributed by atoms with Gasteiger partial charge < -0.3 is 14.5 Å². The number of nitrogens with zero attached hydrogens (tertiary/aromatic N) is 5. The van der Waals surface area contributed by atoms with Crippen LogP contribution in [0.4, 0.5) is 17.8 Å². The molecule has 1 aromatic heterocycles. The number of hydrogen-bond acceptors (Lipinski definition) is 8. The van der Waals surface area contributed by atoms with Gasteiger partial charge in [-0.1, -0.05) is 0 Å². The van der Waals surface area contributed by atoms with Gasteiger partial charge in [-0.05, 0) is 26.7 Å². The number of hydrazine groups is 1. The van der Waals surface area contributed by atoms with Crippen LogP contribution in [0, 0.1) is 0 Å². The summed E-state index contributed by atoms with van der Waals surface area (Å²) in [5.74, 6) is 7.22. The van der Waals surface area contributed by atoms with E-state index in [-0.39, 0.29) is 0 Å². The Morgan fingerprint density at radius 3 is 2.43 bits per heavy atom. The van der Waals surface area contributed by atoms with Crippen LogP contribution in [-0.4, -0.2) is 54.3 Å². The van der Waals surface area contributed by atoms with Gasteiger partial charge in [0, 0.05) is 33.3 Å². The van der Waals surface area contributed by atoms with Crippen LogP contribution in [0.3, 0.4) is 0 Å². The second kappa shape index (κ2) is 7.37. The van der Waals surface area contributed by atoms with E-state index in [1.54, 1.807) is 7.11 Å². The van der Waals surface area contributed by atoms with Crippen molar-refractivity contribution in [3.63, 3.8) is 0 Å². The van der Waals surface area contributed by atoms with Crippen LogP contribution >= 0.6 is 0 Å². The number of anilines is 3. The molecule has 21 heavy (non-hydrogen) atoms. The molecule has 1 aliphatic rings. The average Bonchev–Trinajstić information content (AvgIpc) is 2.55. The van der Waals surface area contributed by atoms with Crippen LogP contribution in [0.1, 0.15) is 26.7 Å². The third kappa shape index (κ3) is 3.70. The first-order valence-electron chi connectivity index (χ1n) is 7.47. The van der Waals surface area contributed by atoms with Crippen molar-refractivity contribution in [2.45, 2.75) is 32.8 Å². The zero-order valence-electron chi connectivity index (χ0n) is 13.0. The van der Waals surface area contributed by atoms with Gasteiger partial charge >= 0.3 is 0 Å². The smallest absolute Gasteiger partial charge is 0.243 e. The standard InChI is InChI=1S/C13H25N7O/c1-4-19(5-2)12-15-11(18-14)16-13(17-12)20-8-6-10(21-3)7-9-20/h10H,4-9,14H2,1-3H3,(H,15,16,17,18). The Kier molecular flexibility index (Phi) is 5.51. The molecule has 1 aromatic rings. The molecule has 0 bridgehead atoms. The van der Waals surface area contributed by atoms with E-state index < -0.39 is 0 Å². The van der Waals surface area contributed by atoms with Crippen LogP contribution in [0.25, 0.3) is 0 Å². The van der Waals surface area contributed by atoms with Crippen molar-refractivity contribution in [1.82, 2.24) is 15.0 Å². The summed E-state index contributed by atoms with van der Waals surface area (Å²) in [7, 11) is 1.76. The summed E-state index contributed by atoms with van der Waals surface area (Å²) in [6.07, 6.45) is 2.29. The number of nitrogens with one attached hydrogen (secondary N) is 1. The summed E-state index contributed by atoms with van der Waals surface area (Å²) in [5.41, 5.74) is 2.53. The number of piperidine rings is 1. The minimum Gasteiger partial charge on any atom is -0.381 e. The van der Waals surface area contributed by atoms with Crippen molar-refractivity contribution in [3.8, 4) is 0 Å². The molecule has 0 aliphatic carbocycles. The van der Waals surface area contributed by atoms with Gasteiger partial charge in [-0.15, -0.1) is 0 Å². The van der Waals surface area contributed by atoms with Gasteiger partial charge in [0.1, 0.15) is 0 Å². The molecular weight excluding hydrogens is 270 g/mol. The van der Waals surface area contributed by atoms with E-state index in [2.05, 4.69) is 44.0 Å². The van der Waals surface area contributed by atoms with E-state index in [0.29, 0.717) is 23.9 Å². The number of hydrogen-bond donors (Lipinski definition) is 2. The van der Waals surface area contributed by atoms with Crippen molar-refractivity contribution in [1.29, 1.82) is 0 Å². The molecule has 0 atom stereocenters. The van der Waals surface area contributed by atoms with E-state index in [9.17, 15) is 0 Å². The quantitative estimate of drug-likeness (QED) is 0.583. The van der Waals surface area contributed by atoms with E-state index in [1.165, 1.54) is 0 Å². The first kappa shape index (κ1) is 15.7. The number of rotatable bonds is 6. The third-order valence-electron chi connectivity index (χ3n) is 3.85. The molecule has 1 saturated heterocycles. The van der Waals surface area contributed by atoms with Crippen molar-refractivity contribution in [2.75, 3.05) is 48.5 Å². The molecule has 3 N–H and O–H groups in total. The Hall–Kier alpha value is -1.67. The number of aromatic nitrogens is 3.